The highest BCUT2D eigenvalue weighted by molar-refractivity contribution is 5.92. The first-order chi connectivity index (χ1) is 11.5. The molecule has 1 spiro atoms. The number of hydrogen-bond donors (Lipinski definition) is 3. The normalized spacial score (nSPS) is 41.5. The molecule has 4 aliphatic rings. The Hall–Kier alpha value is -1.85. The van der Waals surface area contributed by atoms with E-state index in [2.05, 4.69) is 11.9 Å². The lowest BCUT2D eigenvalue weighted by Gasteiger charge is -2.60. The van der Waals surface area contributed by atoms with Crippen LogP contribution in [0.2, 0.25) is 0 Å². The van der Waals surface area contributed by atoms with Crippen molar-refractivity contribution < 1.29 is 19.7 Å². The SMILES string of the molecule is C=CCC1C[C@@]2(O)[C@H]3Cc4ccc(O)c5c4[C@@]2(CCN3)[C@@H](O5)C1=O. The van der Waals surface area contributed by atoms with E-state index in [9.17, 15) is 15.0 Å². The summed E-state index contributed by atoms with van der Waals surface area (Å²) in [6.45, 7) is 4.49. The third-order valence-corrected chi connectivity index (χ3v) is 6.71. The summed E-state index contributed by atoms with van der Waals surface area (Å²) in [5.41, 5.74) is 0.170. The minimum Gasteiger partial charge on any atom is -0.504 e. The summed E-state index contributed by atoms with van der Waals surface area (Å²) >= 11 is 0. The molecule has 1 aromatic carbocycles. The summed E-state index contributed by atoms with van der Waals surface area (Å²) in [5.74, 6) is 0.212. The predicted molar refractivity (Wildman–Crippen MR) is 87.2 cm³/mol. The molecule has 126 valence electrons. The highest BCUT2D eigenvalue weighted by atomic mass is 16.5. The Kier molecular flexibility index (Phi) is 2.66. The van der Waals surface area contributed by atoms with Gasteiger partial charge >= 0.3 is 0 Å². The Morgan fingerprint density at radius 1 is 1.46 bits per heavy atom. The maximum absolute atomic E-state index is 13.1. The zero-order valence-corrected chi connectivity index (χ0v) is 13.4. The fourth-order valence-electron chi connectivity index (χ4n) is 5.76. The average molecular weight is 327 g/mol. The Morgan fingerprint density at radius 3 is 3.08 bits per heavy atom. The van der Waals surface area contributed by atoms with Crippen molar-refractivity contribution in [3.05, 3.63) is 35.9 Å². The van der Waals surface area contributed by atoms with Crippen molar-refractivity contribution >= 4 is 5.78 Å². The summed E-state index contributed by atoms with van der Waals surface area (Å²) in [6, 6.07) is 3.44. The van der Waals surface area contributed by atoms with Crippen molar-refractivity contribution in [2.75, 3.05) is 6.54 Å². The molecule has 24 heavy (non-hydrogen) atoms. The minimum atomic E-state index is -1.04. The first kappa shape index (κ1) is 14.5. The number of aromatic hydroxyl groups is 1. The number of piperidine rings is 1. The van der Waals surface area contributed by atoms with E-state index in [1.165, 1.54) is 0 Å². The number of benzene rings is 1. The number of Topliss-reactive ketones (excluding diaryl/α,β-unsaturated/α-hetero) is 1. The molecule has 2 aliphatic heterocycles. The van der Waals surface area contributed by atoms with Crippen LogP contribution in [-0.2, 0) is 16.6 Å². The molecule has 1 saturated heterocycles. The lowest BCUT2D eigenvalue weighted by atomic mass is 9.47. The molecule has 0 amide bonds. The van der Waals surface area contributed by atoms with Gasteiger partial charge in [-0.25, -0.2) is 0 Å². The van der Waals surface area contributed by atoms with E-state index in [0.29, 0.717) is 31.4 Å². The van der Waals surface area contributed by atoms with Gasteiger partial charge in [0.15, 0.2) is 23.4 Å². The van der Waals surface area contributed by atoms with Crippen LogP contribution >= 0.6 is 0 Å². The van der Waals surface area contributed by atoms with Gasteiger partial charge in [0.2, 0.25) is 0 Å². The molecule has 1 saturated carbocycles. The number of phenolic OH excluding ortho intramolecular Hbond substituents is 1. The molecule has 1 aromatic rings. The van der Waals surface area contributed by atoms with Gasteiger partial charge in [0.25, 0.3) is 0 Å². The molecule has 0 radical (unpaired) electrons. The number of rotatable bonds is 2. The summed E-state index contributed by atoms with van der Waals surface area (Å²) in [6.07, 6.45) is 3.31. The predicted octanol–water partition coefficient (Wildman–Crippen LogP) is 1.21. The van der Waals surface area contributed by atoms with Gasteiger partial charge in [0, 0.05) is 17.5 Å². The topological polar surface area (TPSA) is 78.8 Å². The summed E-state index contributed by atoms with van der Waals surface area (Å²) in [5, 5.41) is 25.6. The Balaban J connectivity index is 1.80. The summed E-state index contributed by atoms with van der Waals surface area (Å²) in [7, 11) is 0. The summed E-state index contributed by atoms with van der Waals surface area (Å²) < 4.78 is 6.04. The number of allylic oxidation sites excluding steroid dienone is 1. The molecule has 0 aromatic heterocycles. The number of phenols is 1. The monoisotopic (exact) mass is 327 g/mol. The van der Waals surface area contributed by atoms with Gasteiger partial charge < -0.3 is 20.3 Å². The number of carbonyl (C=O) groups is 1. The minimum absolute atomic E-state index is 0.0312. The zero-order chi connectivity index (χ0) is 16.7. The molecule has 2 bridgehead atoms. The van der Waals surface area contributed by atoms with Crippen LogP contribution in [0.15, 0.2) is 24.8 Å². The van der Waals surface area contributed by atoms with E-state index < -0.39 is 17.1 Å². The number of hydrogen-bond acceptors (Lipinski definition) is 5. The maximum atomic E-state index is 13.1. The van der Waals surface area contributed by atoms with E-state index in [1.807, 2.05) is 6.07 Å². The lowest BCUT2D eigenvalue weighted by Crippen LogP contribution is -2.77. The molecular weight excluding hydrogens is 306 g/mol. The zero-order valence-electron chi connectivity index (χ0n) is 13.4. The van der Waals surface area contributed by atoms with Crippen LogP contribution < -0.4 is 10.1 Å². The summed E-state index contributed by atoms with van der Waals surface area (Å²) in [4.78, 5) is 13.1. The average Bonchev–Trinajstić information content (AvgIpc) is 2.89. The van der Waals surface area contributed by atoms with Crippen LogP contribution in [0.3, 0.4) is 0 Å². The first-order valence-corrected chi connectivity index (χ1v) is 8.65. The van der Waals surface area contributed by atoms with Crippen molar-refractivity contribution in [1.29, 1.82) is 0 Å². The smallest absolute Gasteiger partial charge is 0.177 e. The van der Waals surface area contributed by atoms with Crippen LogP contribution in [0.25, 0.3) is 0 Å². The Morgan fingerprint density at radius 2 is 2.29 bits per heavy atom. The van der Waals surface area contributed by atoms with E-state index >= 15 is 0 Å². The number of ketones is 1. The quantitative estimate of drug-likeness (QED) is 0.712. The molecule has 3 N–H and O–H groups in total. The van der Waals surface area contributed by atoms with Crippen molar-refractivity contribution in [2.24, 2.45) is 5.92 Å². The largest absolute Gasteiger partial charge is 0.504 e. The third kappa shape index (κ3) is 1.38. The second kappa shape index (κ2) is 4.41. The van der Waals surface area contributed by atoms with E-state index in [4.69, 9.17) is 4.74 Å². The van der Waals surface area contributed by atoms with Crippen LogP contribution in [0.1, 0.15) is 30.4 Å². The molecule has 5 heteroatoms. The Bertz CT molecular complexity index is 775. The molecule has 2 aliphatic carbocycles. The van der Waals surface area contributed by atoms with E-state index in [0.717, 1.165) is 17.7 Å². The molecular formula is C19H21NO4. The molecule has 2 fully saturated rings. The van der Waals surface area contributed by atoms with Crippen LogP contribution in [0, 0.1) is 5.92 Å². The van der Waals surface area contributed by atoms with Gasteiger partial charge in [-0.3, -0.25) is 4.79 Å². The maximum Gasteiger partial charge on any atom is 0.177 e. The molecule has 5 atom stereocenters. The van der Waals surface area contributed by atoms with Crippen molar-refractivity contribution in [1.82, 2.24) is 5.32 Å². The molecule has 5 nitrogen and oxygen atoms in total. The van der Waals surface area contributed by atoms with Gasteiger partial charge in [-0.05, 0) is 43.9 Å². The lowest BCUT2D eigenvalue weighted by molar-refractivity contribution is -0.176. The van der Waals surface area contributed by atoms with Crippen LogP contribution in [-0.4, -0.2) is 40.3 Å². The fraction of sp³-hybridized carbons (Fsp3) is 0.526. The van der Waals surface area contributed by atoms with Crippen molar-refractivity contribution in [3.63, 3.8) is 0 Å². The standard InChI is InChI=1S/C19H21NO4/c1-2-3-11-9-19(23)13-8-10-4-5-12(21)16-14(10)18(19,6-7-20-13)17(24-16)15(11)22/h2,4-5,11,13,17,20-21,23H,1,3,6-9H2/t11?,13-,17+,18+,19-/m1/s1. The second-order valence-corrected chi connectivity index (χ2v) is 7.63. The highest BCUT2D eigenvalue weighted by Gasteiger charge is 2.73. The van der Waals surface area contributed by atoms with Gasteiger partial charge in [0.05, 0.1) is 11.0 Å². The van der Waals surface area contributed by atoms with Crippen LogP contribution in [0.5, 0.6) is 11.5 Å². The fourth-order valence-corrected chi connectivity index (χ4v) is 5.76. The Labute approximate surface area is 140 Å². The first-order valence-electron chi connectivity index (χ1n) is 8.65. The number of nitrogens with one attached hydrogen (secondary N) is 1. The molecule has 1 unspecified atom stereocenters. The van der Waals surface area contributed by atoms with Crippen LogP contribution in [0.4, 0.5) is 0 Å². The van der Waals surface area contributed by atoms with Gasteiger partial charge in [-0.1, -0.05) is 12.1 Å². The van der Waals surface area contributed by atoms with E-state index in [1.54, 1.807) is 12.1 Å². The second-order valence-electron chi connectivity index (χ2n) is 7.63. The van der Waals surface area contributed by atoms with E-state index in [-0.39, 0.29) is 23.5 Å². The van der Waals surface area contributed by atoms with Crippen molar-refractivity contribution in [3.8, 4) is 11.5 Å². The van der Waals surface area contributed by atoms with Gasteiger partial charge in [-0.2, -0.15) is 0 Å². The molecule has 2 heterocycles. The number of aliphatic hydroxyl groups is 1. The number of carbonyl (C=O) groups excluding carboxylic acids is 1. The molecule has 5 rings (SSSR count). The number of ether oxygens (including phenoxy) is 1. The van der Waals surface area contributed by atoms with Gasteiger partial charge in [0.1, 0.15) is 0 Å². The highest BCUT2D eigenvalue weighted by Crippen LogP contribution is 2.64. The van der Waals surface area contributed by atoms with Crippen molar-refractivity contribution in [2.45, 2.75) is 48.8 Å². The van der Waals surface area contributed by atoms with Gasteiger partial charge in [-0.15, -0.1) is 6.58 Å². The third-order valence-electron chi connectivity index (χ3n) is 6.71.